The molecule has 0 saturated carbocycles. The zero-order chi connectivity index (χ0) is 21.5. The first-order valence-electron chi connectivity index (χ1n) is 8.54. The standard InChI is InChI=1S/C18H22N6O5/c1-13(26)28-12-16(15(23-24-20)9-5-6-10-25)21-17(19)22-18(27)29-11-14-7-3-2-4-8-14/h2-4,7-8,15-16,25H,6,10-12H2,1H3,(H3,19,21,22,27)/t15-,16+/m1/s1. The number of carbonyl (C=O) groups excluding carboxylic acids is 2. The van der Waals surface area contributed by atoms with E-state index in [-0.39, 0.29) is 32.2 Å². The quantitative estimate of drug-likeness (QED) is 0.112. The number of guanidine groups is 1. The number of rotatable bonds is 8. The average molecular weight is 402 g/mol. The second-order valence-electron chi connectivity index (χ2n) is 5.52. The van der Waals surface area contributed by atoms with Gasteiger partial charge in [-0.3, -0.25) is 10.1 Å². The zero-order valence-corrected chi connectivity index (χ0v) is 15.8. The highest BCUT2D eigenvalue weighted by atomic mass is 16.5. The van der Waals surface area contributed by atoms with Crippen LogP contribution in [0.2, 0.25) is 0 Å². The van der Waals surface area contributed by atoms with Gasteiger partial charge in [0.2, 0.25) is 0 Å². The number of aliphatic hydroxyl groups is 1. The summed E-state index contributed by atoms with van der Waals surface area (Å²) in [6.45, 7) is 0.771. The molecule has 4 N–H and O–H groups in total. The molecule has 154 valence electrons. The lowest BCUT2D eigenvalue weighted by molar-refractivity contribution is -0.141. The normalized spacial score (nSPS) is 12.4. The van der Waals surface area contributed by atoms with E-state index in [1.54, 1.807) is 24.3 Å². The summed E-state index contributed by atoms with van der Waals surface area (Å²) in [4.78, 5) is 29.7. The molecule has 0 saturated heterocycles. The molecule has 0 aliphatic carbocycles. The number of carbonyl (C=O) groups is 2. The second-order valence-corrected chi connectivity index (χ2v) is 5.52. The first-order chi connectivity index (χ1) is 14.0. The largest absolute Gasteiger partial charge is 0.464 e. The Morgan fingerprint density at radius 3 is 2.69 bits per heavy atom. The van der Waals surface area contributed by atoms with Gasteiger partial charge in [0.1, 0.15) is 25.3 Å². The van der Waals surface area contributed by atoms with Crippen LogP contribution < -0.4 is 11.1 Å². The van der Waals surface area contributed by atoms with Crippen LogP contribution in [0, 0.1) is 11.8 Å². The van der Waals surface area contributed by atoms with Gasteiger partial charge in [0, 0.05) is 18.3 Å². The summed E-state index contributed by atoms with van der Waals surface area (Å²) in [6, 6.07) is 7.01. The fourth-order valence-electron chi connectivity index (χ4n) is 1.97. The number of alkyl carbamates (subject to hydrolysis) is 1. The molecule has 0 aromatic heterocycles. The molecule has 1 aromatic carbocycles. The molecule has 1 rings (SSSR count). The SMILES string of the molecule is CC(=O)OC[C@H](N=C(N)NC(=O)OCc1ccccc1)[C@@H](C#CCCO)N=[N+]=[N-]. The van der Waals surface area contributed by atoms with Crippen LogP contribution in [0.3, 0.4) is 0 Å². The number of nitrogens with one attached hydrogen (secondary N) is 1. The van der Waals surface area contributed by atoms with Crippen molar-refractivity contribution in [3.05, 3.63) is 46.3 Å². The molecular formula is C18H22N6O5. The maximum Gasteiger partial charge on any atom is 0.414 e. The molecule has 0 spiro atoms. The van der Waals surface area contributed by atoms with Crippen molar-refractivity contribution in [3.8, 4) is 11.8 Å². The van der Waals surface area contributed by atoms with E-state index in [1.165, 1.54) is 6.92 Å². The molecule has 11 nitrogen and oxygen atoms in total. The Hall–Kier alpha value is -3.74. The van der Waals surface area contributed by atoms with Gasteiger partial charge >= 0.3 is 12.1 Å². The molecule has 0 radical (unpaired) electrons. The zero-order valence-electron chi connectivity index (χ0n) is 15.8. The number of hydrogen-bond acceptors (Lipinski definition) is 7. The molecule has 0 aliphatic rings. The van der Waals surface area contributed by atoms with Gasteiger partial charge in [-0.25, -0.2) is 9.79 Å². The van der Waals surface area contributed by atoms with E-state index in [2.05, 4.69) is 32.2 Å². The molecule has 0 unspecified atom stereocenters. The summed E-state index contributed by atoms with van der Waals surface area (Å²) in [7, 11) is 0. The van der Waals surface area contributed by atoms with Crippen LogP contribution in [0.5, 0.6) is 0 Å². The van der Waals surface area contributed by atoms with Crippen molar-refractivity contribution in [2.24, 2.45) is 15.8 Å². The summed E-state index contributed by atoms with van der Waals surface area (Å²) in [6.07, 6.45) is -0.686. The number of azide groups is 1. The summed E-state index contributed by atoms with van der Waals surface area (Å²) in [5.41, 5.74) is 15.2. The fourth-order valence-corrected chi connectivity index (χ4v) is 1.97. The Morgan fingerprint density at radius 2 is 2.07 bits per heavy atom. The Labute approximate surface area is 167 Å². The van der Waals surface area contributed by atoms with Crippen molar-refractivity contribution >= 4 is 18.0 Å². The molecule has 1 aromatic rings. The average Bonchev–Trinajstić information content (AvgIpc) is 2.69. The number of hydrogen-bond donors (Lipinski definition) is 3. The van der Waals surface area contributed by atoms with Crippen LogP contribution >= 0.6 is 0 Å². The first-order valence-corrected chi connectivity index (χ1v) is 8.54. The summed E-state index contributed by atoms with van der Waals surface area (Å²) in [5.74, 6) is 4.32. The molecule has 29 heavy (non-hydrogen) atoms. The van der Waals surface area contributed by atoms with Gasteiger partial charge in [-0.05, 0) is 11.1 Å². The predicted molar refractivity (Wildman–Crippen MR) is 104 cm³/mol. The van der Waals surface area contributed by atoms with Gasteiger partial charge in [-0.15, -0.1) is 5.92 Å². The Kier molecular flexibility index (Phi) is 10.8. The van der Waals surface area contributed by atoms with E-state index in [4.69, 9.17) is 25.8 Å². The number of nitrogens with two attached hydrogens (primary N) is 1. The number of amides is 1. The predicted octanol–water partition coefficient (Wildman–Crippen LogP) is 1.22. The van der Waals surface area contributed by atoms with E-state index in [0.717, 1.165) is 5.56 Å². The van der Waals surface area contributed by atoms with Crippen molar-refractivity contribution in [1.82, 2.24) is 5.32 Å². The number of ether oxygens (including phenoxy) is 2. The van der Waals surface area contributed by atoms with Crippen LogP contribution in [0.4, 0.5) is 4.79 Å². The smallest absolute Gasteiger partial charge is 0.414 e. The molecule has 2 atom stereocenters. The van der Waals surface area contributed by atoms with E-state index in [1.807, 2.05) is 6.07 Å². The molecular weight excluding hydrogens is 380 g/mol. The Morgan fingerprint density at radius 1 is 1.34 bits per heavy atom. The van der Waals surface area contributed by atoms with Crippen LogP contribution in [0.1, 0.15) is 18.9 Å². The number of aliphatic imine (C=N–C) groups is 1. The van der Waals surface area contributed by atoms with Crippen LogP contribution in [0.25, 0.3) is 10.4 Å². The highest BCUT2D eigenvalue weighted by molar-refractivity contribution is 5.93. The maximum absolute atomic E-state index is 11.9. The molecule has 0 aliphatic heterocycles. The molecule has 0 bridgehead atoms. The van der Waals surface area contributed by atoms with E-state index < -0.39 is 24.1 Å². The van der Waals surface area contributed by atoms with Crippen molar-refractivity contribution in [2.45, 2.75) is 32.0 Å². The van der Waals surface area contributed by atoms with Gasteiger partial charge in [0.15, 0.2) is 5.96 Å². The van der Waals surface area contributed by atoms with Crippen molar-refractivity contribution < 1.29 is 24.2 Å². The van der Waals surface area contributed by atoms with Gasteiger partial charge in [0.25, 0.3) is 0 Å². The van der Waals surface area contributed by atoms with E-state index in [9.17, 15) is 9.59 Å². The summed E-state index contributed by atoms with van der Waals surface area (Å²) >= 11 is 0. The summed E-state index contributed by atoms with van der Waals surface area (Å²) < 4.78 is 9.93. The third kappa shape index (κ3) is 10.2. The van der Waals surface area contributed by atoms with Crippen molar-refractivity contribution in [2.75, 3.05) is 13.2 Å². The number of benzene rings is 1. The summed E-state index contributed by atoms with van der Waals surface area (Å²) in [5, 5.41) is 14.6. The lowest BCUT2D eigenvalue weighted by Gasteiger charge is -2.16. The van der Waals surface area contributed by atoms with Crippen LogP contribution in [-0.2, 0) is 20.9 Å². The topological polar surface area (TPSA) is 172 Å². The minimum atomic E-state index is -1.04. The fraction of sp³-hybridized carbons (Fsp3) is 0.389. The van der Waals surface area contributed by atoms with Gasteiger partial charge < -0.3 is 20.3 Å². The highest BCUT2D eigenvalue weighted by Crippen LogP contribution is 2.06. The lowest BCUT2D eigenvalue weighted by Crippen LogP contribution is -2.40. The highest BCUT2D eigenvalue weighted by Gasteiger charge is 2.21. The monoisotopic (exact) mass is 402 g/mol. The molecule has 11 heteroatoms. The van der Waals surface area contributed by atoms with Crippen molar-refractivity contribution in [3.63, 3.8) is 0 Å². The van der Waals surface area contributed by atoms with Gasteiger partial charge in [-0.1, -0.05) is 41.4 Å². The molecule has 1 amide bonds. The van der Waals surface area contributed by atoms with Crippen molar-refractivity contribution in [1.29, 1.82) is 0 Å². The third-order valence-corrected chi connectivity index (χ3v) is 3.23. The van der Waals surface area contributed by atoms with E-state index in [0.29, 0.717) is 0 Å². The Bertz CT molecular complexity index is 811. The lowest BCUT2D eigenvalue weighted by atomic mass is 10.1. The third-order valence-electron chi connectivity index (χ3n) is 3.23. The van der Waals surface area contributed by atoms with Crippen LogP contribution in [-0.4, -0.2) is 48.4 Å². The van der Waals surface area contributed by atoms with Crippen LogP contribution in [0.15, 0.2) is 40.4 Å². The maximum atomic E-state index is 11.9. The first kappa shape index (κ1) is 23.3. The second kappa shape index (κ2) is 13.4. The molecule has 0 heterocycles. The minimum Gasteiger partial charge on any atom is -0.464 e. The number of aliphatic hydroxyl groups excluding tert-OH is 1. The Balaban J connectivity index is 2.83. The van der Waals surface area contributed by atoms with Gasteiger partial charge in [-0.2, -0.15) is 0 Å². The number of esters is 1. The minimum absolute atomic E-state index is 0.0326. The number of nitrogens with zero attached hydrogens (tertiary/aromatic N) is 4. The van der Waals surface area contributed by atoms with Gasteiger partial charge in [0.05, 0.1) is 6.61 Å². The molecule has 0 fully saturated rings. The van der Waals surface area contributed by atoms with E-state index >= 15 is 0 Å².